The summed E-state index contributed by atoms with van der Waals surface area (Å²) in [7, 11) is 0. The second-order valence-corrected chi connectivity index (χ2v) is 11.0. The van der Waals surface area contributed by atoms with Gasteiger partial charge in [-0.3, -0.25) is 0 Å². The second kappa shape index (κ2) is 9.48. The summed E-state index contributed by atoms with van der Waals surface area (Å²) in [4.78, 5) is 0. The lowest BCUT2D eigenvalue weighted by Gasteiger charge is -2.19. The van der Waals surface area contributed by atoms with Crippen molar-refractivity contribution in [3.63, 3.8) is 0 Å². The van der Waals surface area contributed by atoms with Crippen LogP contribution in [0.25, 0.3) is 44.2 Å². The highest BCUT2D eigenvalue weighted by molar-refractivity contribution is 6.14. The standard InChI is InChI=1S/C39H25N3/c40-23-25-16-19-27(20-17-25)37-29-10-4-5-11-30(29)38-31(12-6-15-34(37)38)32-13-7-14-33-35-22-26(24-41)18-21-36(35)42(39(32)33)28-8-2-1-3-9-28/h1-16,18-19,21-22,30H,17,20H2. The maximum atomic E-state index is 9.70. The molecule has 0 aliphatic heterocycles. The van der Waals surface area contributed by atoms with Crippen LogP contribution in [0.15, 0.2) is 138 Å². The lowest BCUT2D eigenvalue weighted by Crippen LogP contribution is -2.00. The summed E-state index contributed by atoms with van der Waals surface area (Å²) >= 11 is 0. The number of para-hydroxylation sites is 2. The van der Waals surface area contributed by atoms with Crippen molar-refractivity contribution in [1.29, 1.82) is 10.5 Å². The molecule has 0 amide bonds. The van der Waals surface area contributed by atoms with Gasteiger partial charge in [0, 0.05) is 33.5 Å². The fourth-order valence-corrected chi connectivity index (χ4v) is 7.04. The van der Waals surface area contributed by atoms with Gasteiger partial charge in [0.05, 0.1) is 28.7 Å². The van der Waals surface area contributed by atoms with Gasteiger partial charge in [-0.05, 0) is 82.7 Å². The maximum absolute atomic E-state index is 9.70. The molecule has 0 spiro atoms. The molecule has 42 heavy (non-hydrogen) atoms. The predicted molar refractivity (Wildman–Crippen MR) is 170 cm³/mol. The number of allylic oxidation sites excluding steroid dienone is 10. The molecule has 8 rings (SSSR count). The van der Waals surface area contributed by atoms with Crippen LogP contribution in [0.4, 0.5) is 0 Å². The Bertz CT molecular complexity index is 2200. The number of fused-ring (bicyclic) bond motifs is 6. The Morgan fingerprint density at radius 2 is 1.55 bits per heavy atom. The van der Waals surface area contributed by atoms with Crippen molar-refractivity contribution < 1.29 is 0 Å². The quantitative estimate of drug-likeness (QED) is 0.231. The molecule has 1 heterocycles. The zero-order valence-corrected chi connectivity index (χ0v) is 22.9. The third-order valence-corrected chi connectivity index (χ3v) is 8.84. The number of nitriles is 2. The molecule has 4 aromatic carbocycles. The molecule has 3 heteroatoms. The molecule has 3 nitrogen and oxygen atoms in total. The monoisotopic (exact) mass is 535 g/mol. The molecule has 0 radical (unpaired) electrons. The van der Waals surface area contributed by atoms with Gasteiger partial charge in [-0.15, -0.1) is 0 Å². The first-order valence-corrected chi connectivity index (χ1v) is 14.3. The normalized spacial score (nSPS) is 17.0. The molecule has 1 aromatic heterocycles. The van der Waals surface area contributed by atoms with Gasteiger partial charge in [0.15, 0.2) is 0 Å². The third kappa shape index (κ3) is 3.51. The second-order valence-electron chi connectivity index (χ2n) is 11.0. The summed E-state index contributed by atoms with van der Waals surface area (Å²) in [6.07, 6.45) is 14.7. The van der Waals surface area contributed by atoms with Crippen molar-refractivity contribution in [2.75, 3.05) is 0 Å². The van der Waals surface area contributed by atoms with E-state index in [1.54, 1.807) is 0 Å². The topological polar surface area (TPSA) is 52.5 Å². The van der Waals surface area contributed by atoms with E-state index in [0.717, 1.165) is 45.9 Å². The first-order chi connectivity index (χ1) is 20.8. The molecular formula is C39H25N3. The van der Waals surface area contributed by atoms with Gasteiger partial charge in [0.2, 0.25) is 0 Å². The van der Waals surface area contributed by atoms with E-state index in [9.17, 15) is 10.5 Å². The van der Waals surface area contributed by atoms with Crippen LogP contribution < -0.4 is 0 Å². The first kappa shape index (κ1) is 24.2. The highest BCUT2D eigenvalue weighted by atomic mass is 15.0. The van der Waals surface area contributed by atoms with Gasteiger partial charge < -0.3 is 4.57 Å². The summed E-state index contributed by atoms with van der Waals surface area (Å²) < 4.78 is 2.35. The van der Waals surface area contributed by atoms with Crippen LogP contribution in [0, 0.1) is 22.7 Å². The van der Waals surface area contributed by atoms with Crippen molar-refractivity contribution >= 4 is 27.4 Å². The number of nitrogens with zero attached hydrogens (tertiary/aromatic N) is 3. The average molecular weight is 536 g/mol. The van der Waals surface area contributed by atoms with Crippen molar-refractivity contribution in [2.24, 2.45) is 0 Å². The van der Waals surface area contributed by atoms with Crippen LogP contribution in [-0.2, 0) is 0 Å². The molecule has 3 aliphatic carbocycles. The molecule has 0 saturated carbocycles. The van der Waals surface area contributed by atoms with E-state index in [0.29, 0.717) is 5.56 Å². The summed E-state index contributed by atoms with van der Waals surface area (Å²) in [5.74, 6) is 0.161. The summed E-state index contributed by atoms with van der Waals surface area (Å²) in [6.45, 7) is 0. The highest BCUT2D eigenvalue weighted by Crippen LogP contribution is 2.53. The molecule has 0 saturated heterocycles. The van der Waals surface area contributed by atoms with Gasteiger partial charge in [-0.1, -0.05) is 85.0 Å². The molecule has 0 bridgehead atoms. The van der Waals surface area contributed by atoms with Crippen LogP contribution in [0.2, 0.25) is 0 Å². The van der Waals surface area contributed by atoms with E-state index in [4.69, 9.17) is 0 Å². The fourth-order valence-electron chi connectivity index (χ4n) is 7.04. The number of benzene rings is 4. The Labute approximate surface area is 244 Å². The highest BCUT2D eigenvalue weighted by Gasteiger charge is 2.34. The van der Waals surface area contributed by atoms with Crippen molar-refractivity contribution in [3.8, 4) is 29.0 Å². The van der Waals surface area contributed by atoms with Gasteiger partial charge in [0.1, 0.15) is 0 Å². The van der Waals surface area contributed by atoms with Gasteiger partial charge >= 0.3 is 0 Å². The minimum atomic E-state index is 0.161. The molecule has 0 fully saturated rings. The van der Waals surface area contributed by atoms with Crippen molar-refractivity contribution in [2.45, 2.75) is 18.8 Å². The van der Waals surface area contributed by atoms with Gasteiger partial charge in [0.25, 0.3) is 0 Å². The minimum absolute atomic E-state index is 0.161. The van der Waals surface area contributed by atoms with Crippen LogP contribution in [0.5, 0.6) is 0 Å². The lowest BCUT2D eigenvalue weighted by atomic mass is 9.86. The van der Waals surface area contributed by atoms with Crippen LogP contribution in [-0.4, -0.2) is 4.57 Å². The van der Waals surface area contributed by atoms with Crippen molar-refractivity contribution in [3.05, 3.63) is 155 Å². The first-order valence-electron chi connectivity index (χ1n) is 14.3. The van der Waals surface area contributed by atoms with Crippen molar-refractivity contribution in [1.82, 2.24) is 4.57 Å². The zero-order chi connectivity index (χ0) is 28.2. The van der Waals surface area contributed by atoms with E-state index in [-0.39, 0.29) is 5.92 Å². The molecular weight excluding hydrogens is 510 g/mol. The van der Waals surface area contributed by atoms with Gasteiger partial charge in [-0.2, -0.15) is 10.5 Å². The van der Waals surface area contributed by atoms with E-state index in [2.05, 4.69) is 114 Å². The molecule has 5 aromatic rings. The molecule has 196 valence electrons. The summed E-state index contributed by atoms with van der Waals surface area (Å²) in [5.41, 5.74) is 13.8. The third-order valence-electron chi connectivity index (χ3n) is 8.84. The number of hydrogen-bond acceptors (Lipinski definition) is 2. The maximum Gasteiger partial charge on any atom is 0.0991 e. The number of rotatable bonds is 3. The predicted octanol–water partition coefficient (Wildman–Crippen LogP) is 9.47. The van der Waals surface area contributed by atoms with Gasteiger partial charge in [-0.25, -0.2) is 0 Å². The number of aromatic nitrogens is 1. The minimum Gasteiger partial charge on any atom is -0.309 e. The Balaban J connectivity index is 1.43. The van der Waals surface area contributed by atoms with E-state index < -0.39 is 0 Å². The molecule has 1 unspecified atom stereocenters. The molecule has 0 N–H and O–H groups in total. The SMILES string of the molecule is N#CC1=CC=C(C2=C3C=CC=CC3c3c2cccc3-c2cccc3c4cc(C#N)ccc4n(-c4ccccc4)c23)CC1. The fraction of sp³-hybridized carbons (Fsp3) is 0.0769. The smallest absolute Gasteiger partial charge is 0.0991 e. The van der Waals surface area contributed by atoms with E-state index in [1.165, 1.54) is 39.0 Å². The van der Waals surface area contributed by atoms with E-state index >= 15 is 0 Å². The zero-order valence-electron chi connectivity index (χ0n) is 22.9. The Morgan fingerprint density at radius 3 is 2.36 bits per heavy atom. The number of hydrogen-bond donors (Lipinski definition) is 0. The van der Waals surface area contributed by atoms with Crippen LogP contribution in [0.3, 0.4) is 0 Å². The average Bonchev–Trinajstić information content (AvgIpc) is 3.58. The van der Waals surface area contributed by atoms with E-state index in [1.807, 2.05) is 24.3 Å². The Hall–Kier alpha value is -5.64. The van der Waals surface area contributed by atoms with Crippen LogP contribution in [0.1, 0.15) is 35.4 Å². The summed E-state index contributed by atoms with van der Waals surface area (Å²) in [5, 5.41) is 21.3. The largest absolute Gasteiger partial charge is 0.309 e. The Morgan fingerprint density at radius 1 is 0.714 bits per heavy atom. The summed E-state index contributed by atoms with van der Waals surface area (Å²) in [6, 6.07) is 34.4. The van der Waals surface area contributed by atoms with Crippen LogP contribution >= 0.6 is 0 Å². The molecule has 3 aliphatic rings. The lowest BCUT2D eigenvalue weighted by molar-refractivity contribution is 0.958. The Kier molecular flexibility index (Phi) is 5.46. The molecule has 1 atom stereocenters.